The summed E-state index contributed by atoms with van der Waals surface area (Å²) >= 11 is 1.57. The number of anilines is 1. The van der Waals surface area contributed by atoms with E-state index in [1.165, 1.54) is 4.88 Å². The van der Waals surface area contributed by atoms with Gasteiger partial charge in [0.2, 0.25) is 0 Å². The molecule has 150 valence electrons. The molecule has 1 aliphatic rings. The zero-order valence-corrected chi connectivity index (χ0v) is 18.0. The van der Waals surface area contributed by atoms with Crippen LogP contribution in [0.4, 0.5) is 5.00 Å². The van der Waals surface area contributed by atoms with Crippen molar-refractivity contribution in [2.45, 2.75) is 53.4 Å². The van der Waals surface area contributed by atoms with E-state index in [1.807, 2.05) is 25.1 Å². The molecule has 3 rings (SSSR count). The fourth-order valence-electron chi connectivity index (χ4n) is 3.75. The first kappa shape index (κ1) is 20.6. The van der Waals surface area contributed by atoms with E-state index in [0.717, 1.165) is 31.2 Å². The average Bonchev–Trinajstić information content (AvgIpc) is 3.03. The minimum absolute atomic E-state index is 0.0723. The molecule has 1 atom stereocenters. The molecule has 0 saturated carbocycles. The number of carbonyl (C=O) groups is 2. The Hall–Kier alpha value is -2.14. The number of benzene rings is 1. The molecule has 4 nitrogen and oxygen atoms in total. The van der Waals surface area contributed by atoms with Gasteiger partial charge in [-0.25, -0.2) is 0 Å². The first-order valence-corrected chi connectivity index (χ1v) is 10.9. The lowest BCUT2D eigenvalue weighted by Crippen LogP contribution is -2.29. The van der Waals surface area contributed by atoms with Gasteiger partial charge in [0, 0.05) is 17.0 Å². The molecule has 1 heterocycles. The third-order valence-electron chi connectivity index (χ3n) is 5.52. The lowest BCUT2D eigenvalue weighted by molar-refractivity contribution is 0.0953. The monoisotopic (exact) mass is 398 g/mol. The summed E-state index contributed by atoms with van der Waals surface area (Å²) in [6.07, 6.45) is 3.83. The maximum Gasteiger partial charge on any atom is 0.256 e. The Kier molecular flexibility index (Phi) is 6.23. The fraction of sp³-hybridized carbons (Fsp3) is 0.478. The standard InChI is InChI=1S/C23H30N2O2S/c1-5-13-24-21(27)19-17-12-11-16(23(2,3)4)14-18(17)28-22(19)25-20(26)15-9-7-6-8-10-15/h6-10,16H,5,11-14H2,1-4H3,(H,24,27)(H,25,26)/t16-/m1/s1. The van der Waals surface area contributed by atoms with E-state index in [-0.39, 0.29) is 17.2 Å². The van der Waals surface area contributed by atoms with Gasteiger partial charge in [-0.3, -0.25) is 9.59 Å². The van der Waals surface area contributed by atoms with Crippen molar-refractivity contribution >= 4 is 28.2 Å². The van der Waals surface area contributed by atoms with E-state index in [0.29, 0.717) is 28.6 Å². The number of thiophene rings is 1. The van der Waals surface area contributed by atoms with Gasteiger partial charge in [-0.05, 0) is 54.7 Å². The maximum absolute atomic E-state index is 12.9. The van der Waals surface area contributed by atoms with Gasteiger partial charge < -0.3 is 10.6 Å². The minimum Gasteiger partial charge on any atom is -0.352 e. The fourth-order valence-corrected chi connectivity index (χ4v) is 5.07. The van der Waals surface area contributed by atoms with Crippen LogP contribution in [0.25, 0.3) is 0 Å². The number of carbonyl (C=O) groups excluding carboxylic acids is 2. The molecule has 0 unspecified atom stereocenters. The summed E-state index contributed by atoms with van der Waals surface area (Å²) < 4.78 is 0. The quantitative estimate of drug-likeness (QED) is 0.719. The van der Waals surface area contributed by atoms with Gasteiger partial charge in [0.25, 0.3) is 11.8 Å². The Morgan fingerprint density at radius 2 is 1.86 bits per heavy atom. The molecular formula is C23H30N2O2S. The van der Waals surface area contributed by atoms with Gasteiger partial charge >= 0.3 is 0 Å². The van der Waals surface area contributed by atoms with Crippen LogP contribution in [-0.4, -0.2) is 18.4 Å². The summed E-state index contributed by atoms with van der Waals surface area (Å²) in [5.41, 5.74) is 2.63. The number of hydrogen-bond acceptors (Lipinski definition) is 3. The summed E-state index contributed by atoms with van der Waals surface area (Å²) in [6.45, 7) is 9.52. The van der Waals surface area contributed by atoms with Crippen LogP contribution >= 0.6 is 11.3 Å². The number of amides is 2. The predicted octanol–water partition coefficient (Wildman–Crippen LogP) is 5.29. The molecule has 5 heteroatoms. The number of rotatable bonds is 5. The highest BCUT2D eigenvalue weighted by atomic mass is 32.1. The molecule has 0 radical (unpaired) electrons. The van der Waals surface area contributed by atoms with Crippen LogP contribution in [0.15, 0.2) is 30.3 Å². The van der Waals surface area contributed by atoms with Crippen molar-refractivity contribution in [3.63, 3.8) is 0 Å². The van der Waals surface area contributed by atoms with Crippen LogP contribution in [0.5, 0.6) is 0 Å². The van der Waals surface area contributed by atoms with Crippen molar-refractivity contribution in [2.24, 2.45) is 11.3 Å². The van der Waals surface area contributed by atoms with Gasteiger partial charge in [0.15, 0.2) is 0 Å². The third kappa shape index (κ3) is 4.46. The zero-order valence-electron chi connectivity index (χ0n) is 17.2. The number of fused-ring (bicyclic) bond motifs is 1. The van der Waals surface area contributed by atoms with Crippen LogP contribution in [0.1, 0.15) is 71.7 Å². The second-order valence-corrected chi connectivity index (χ2v) is 9.69. The van der Waals surface area contributed by atoms with E-state index in [1.54, 1.807) is 23.5 Å². The van der Waals surface area contributed by atoms with Crippen LogP contribution in [0.3, 0.4) is 0 Å². The maximum atomic E-state index is 12.9. The first-order chi connectivity index (χ1) is 13.3. The predicted molar refractivity (Wildman–Crippen MR) is 116 cm³/mol. The van der Waals surface area contributed by atoms with E-state index in [4.69, 9.17) is 0 Å². The lowest BCUT2D eigenvalue weighted by Gasteiger charge is -2.33. The Labute approximate surface area is 171 Å². The summed E-state index contributed by atoms with van der Waals surface area (Å²) in [5, 5.41) is 6.69. The minimum atomic E-state index is -0.170. The van der Waals surface area contributed by atoms with E-state index in [9.17, 15) is 9.59 Å². The van der Waals surface area contributed by atoms with Gasteiger partial charge in [-0.2, -0.15) is 0 Å². The Morgan fingerprint density at radius 1 is 1.14 bits per heavy atom. The van der Waals surface area contributed by atoms with Crippen molar-refractivity contribution in [1.82, 2.24) is 5.32 Å². The second kappa shape index (κ2) is 8.48. The van der Waals surface area contributed by atoms with E-state index in [2.05, 4.69) is 31.4 Å². The van der Waals surface area contributed by atoms with Gasteiger partial charge in [0.1, 0.15) is 5.00 Å². The van der Waals surface area contributed by atoms with E-state index >= 15 is 0 Å². The summed E-state index contributed by atoms with van der Waals surface area (Å²) in [4.78, 5) is 26.8. The van der Waals surface area contributed by atoms with Crippen molar-refractivity contribution in [1.29, 1.82) is 0 Å². The molecule has 0 saturated heterocycles. The van der Waals surface area contributed by atoms with Crippen LogP contribution in [0.2, 0.25) is 0 Å². The van der Waals surface area contributed by atoms with E-state index < -0.39 is 0 Å². The Morgan fingerprint density at radius 3 is 2.50 bits per heavy atom. The first-order valence-electron chi connectivity index (χ1n) is 10.1. The Bertz CT molecular complexity index is 849. The van der Waals surface area contributed by atoms with Gasteiger partial charge in [-0.1, -0.05) is 45.9 Å². The molecule has 0 aliphatic heterocycles. The van der Waals surface area contributed by atoms with Gasteiger partial charge in [-0.15, -0.1) is 11.3 Å². The van der Waals surface area contributed by atoms with Crippen molar-refractivity contribution in [3.8, 4) is 0 Å². The summed E-state index contributed by atoms with van der Waals surface area (Å²) in [5.74, 6) is 0.343. The average molecular weight is 399 g/mol. The molecular weight excluding hydrogens is 368 g/mol. The highest BCUT2D eigenvalue weighted by Crippen LogP contribution is 2.44. The molecule has 2 N–H and O–H groups in total. The molecule has 2 amide bonds. The molecule has 1 aliphatic carbocycles. The topological polar surface area (TPSA) is 58.2 Å². The summed E-state index contributed by atoms with van der Waals surface area (Å²) in [6, 6.07) is 9.15. The van der Waals surface area contributed by atoms with Crippen molar-refractivity contribution < 1.29 is 9.59 Å². The molecule has 28 heavy (non-hydrogen) atoms. The highest BCUT2D eigenvalue weighted by Gasteiger charge is 2.34. The van der Waals surface area contributed by atoms with Crippen LogP contribution in [-0.2, 0) is 12.8 Å². The largest absolute Gasteiger partial charge is 0.352 e. The Balaban J connectivity index is 1.93. The molecule has 2 aromatic rings. The molecule has 0 fully saturated rings. The normalized spacial score (nSPS) is 16.4. The molecule has 1 aromatic carbocycles. The zero-order chi connectivity index (χ0) is 20.3. The number of hydrogen-bond donors (Lipinski definition) is 2. The van der Waals surface area contributed by atoms with Crippen LogP contribution < -0.4 is 10.6 Å². The molecule has 0 bridgehead atoms. The number of nitrogens with one attached hydrogen (secondary N) is 2. The van der Waals surface area contributed by atoms with Crippen molar-refractivity contribution in [2.75, 3.05) is 11.9 Å². The molecule has 1 aromatic heterocycles. The van der Waals surface area contributed by atoms with Crippen LogP contribution in [0, 0.1) is 11.3 Å². The van der Waals surface area contributed by atoms with Gasteiger partial charge in [0.05, 0.1) is 5.56 Å². The SMILES string of the molecule is CCCNC(=O)c1c(NC(=O)c2ccccc2)sc2c1CC[C@@H](C(C)(C)C)C2. The lowest BCUT2D eigenvalue weighted by atomic mass is 9.72. The highest BCUT2D eigenvalue weighted by molar-refractivity contribution is 7.17. The summed E-state index contributed by atoms with van der Waals surface area (Å²) in [7, 11) is 0. The molecule has 0 spiro atoms. The van der Waals surface area contributed by atoms with Crippen molar-refractivity contribution in [3.05, 3.63) is 51.9 Å². The smallest absolute Gasteiger partial charge is 0.256 e. The second-order valence-electron chi connectivity index (χ2n) is 8.59. The third-order valence-corrected chi connectivity index (χ3v) is 6.69.